The lowest BCUT2D eigenvalue weighted by atomic mass is 10.0. The zero-order chi connectivity index (χ0) is 24.1. The second-order valence-corrected chi connectivity index (χ2v) is 8.69. The zero-order valence-corrected chi connectivity index (χ0v) is 19.5. The molecular formula is C27H23NO5S. The van der Waals surface area contributed by atoms with E-state index in [4.69, 9.17) is 14.6 Å². The molecule has 34 heavy (non-hydrogen) atoms. The van der Waals surface area contributed by atoms with Crippen LogP contribution in [0.25, 0.3) is 21.6 Å². The van der Waals surface area contributed by atoms with Gasteiger partial charge in [0.2, 0.25) is 0 Å². The van der Waals surface area contributed by atoms with Crippen molar-refractivity contribution in [2.75, 3.05) is 19.5 Å². The van der Waals surface area contributed by atoms with Gasteiger partial charge in [0.05, 0.1) is 20.6 Å². The summed E-state index contributed by atoms with van der Waals surface area (Å²) in [4.78, 5) is 25.7. The number of thiophene rings is 1. The summed E-state index contributed by atoms with van der Waals surface area (Å²) in [5.74, 6) is 0.256. The molecule has 0 unspecified atom stereocenters. The molecule has 0 spiro atoms. The Kier molecular flexibility index (Phi) is 6.94. The average molecular weight is 474 g/mol. The molecule has 1 heterocycles. The molecule has 1 amide bonds. The maximum absolute atomic E-state index is 13.0. The lowest BCUT2D eigenvalue weighted by Gasteiger charge is -2.12. The van der Waals surface area contributed by atoms with E-state index in [1.54, 1.807) is 26.4 Å². The van der Waals surface area contributed by atoms with Gasteiger partial charge in [-0.2, -0.15) is 0 Å². The van der Waals surface area contributed by atoms with Crippen molar-refractivity contribution in [1.82, 2.24) is 0 Å². The van der Waals surface area contributed by atoms with Crippen LogP contribution in [0.3, 0.4) is 0 Å². The lowest BCUT2D eigenvalue weighted by Crippen LogP contribution is -2.11. The number of benzene rings is 3. The number of methoxy groups -OCH3 is 2. The van der Waals surface area contributed by atoms with E-state index < -0.39 is 5.97 Å². The molecule has 4 aromatic rings. The largest absolute Gasteiger partial charge is 0.497 e. The lowest BCUT2D eigenvalue weighted by molar-refractivity contribution is -0.136. The molecule has 0 aliphatic heterocycles. The minimum absolute atomic E-state index is 0.00356. The third-order valence-electron chi connectivity index (χ3n) is 5.24. The van der Waals surface area contributed by atoms with Crippen molar-refractivity contribution in [1.29, 1.82) is 0 Å². The molecule has 0 bridgehead atoms. The van der Waals surface area contributed by atoms with Crippen LogP contribution in [0.5, 0.6) is 11.5 Å². The molecule has 0 atom stereocenters. The van der Waals surface area contributed by atoms with Crippen molar-refractivity contribution >= 4 is 28.9 Å². The fourth-order valence-electron chi connectivity index (χ4n) is 3.60. The smallest absolute Gasteiger partial charge is 0.308 e. The molecule has 0 aliphatic carbocycles. The highest BCUT2D eigenvalue weighted by Gasteiger charge is 2.12. The van der Waals surface area contributed by atoms with Crippen LogP contribution in [0.1, 0.15) is 15.2 Å². The van der Waals surface area contributed by atoms with E-state index in [9.17, 15) is 9.59 Å². The maximum atomic E-state index is 13.0. The van der Waals surface area contributed by atoms with Gasteiger partial charge < -0.3 is 19.9 Å². The molecular weight excluding hydrogens is 450 g/mol. The normalized spacial score (nSPS) is 10.5. The van der Waals surface area contributed by atoms with Gasteiger partial charge >= 0.3 is 5.97 Å². The summed E-state index contributed by atoms with van der Waals surface area (Å²) in [6.07, 6.45) is -0.00356. The average Bonchev–Trinajstić information content (AvgIpc) is 3.31. The zero-order valence-electron chi connectivity index (χ0n) is 18.7. The maximum Gasteiger partial charge on any atom is 0.308 e. The molecule has 2 N–H and O–H groups in total. The predicted molar refractivity (Wildman–Crippen MR) is 134 cm³/mol. The molecule has 0 saturated carbocycles. The van der Waals surface area contributed by atoms with Crippen LogP contribution in [-0.4, -0.2) is 31.2 Å². The number of rotatable bonds is 8. The second kappa shape index (κ2) is 10.2. The van der Waals surface area contributed by atoms with Crippen molar-refractivity contribution in [2.24, 2.45) is 0 Å². The standard InChI is InChI=1S/C27H23NO5S/c1-32-21-9-11-23(24(15-21)33-2)17-5-3-7-19(13-17)27(31)28-20-8-4-6-18(14-20)25-12-10-22(34-25)16-26(29)30/h3-15H,16H2,1-2H3,(H,28,31)(H,29,30). The van der Waals surface area contributed by atoms with E-state index in [1.807, 2.05) is 66.7 Å². The van der Waals surface area contributed by atoms with Gasteiger partial charge in [-0.1, -0.05) is 24.3 Å². The van der Waals surface area contributed by atoms with E-state index >= 15 is 0 Å². The summed E-state index contributed by atoms with van der Waals surface area (Å²) >= 11 is 1.43. The van der Waals surface area contributed by atoms with Gasteiger partial charge in [-0.15, -0.1) is 11.3 Å². The molecule has 1 aromatic heterocycles. The number of hydrogen-bond donors (Lipinski definition) is 2. The molecule has 0 radical (unpaired) electrons. The summed E-state index contributed by atoms with van der Waals surface area (Å²) in [6.45, 7) is 0. The predicted octanol–water partition coefficient (Wildman–Crippen LogP) is 5.98. The summed E-state index contributed by atoms with van der Waals surface area (Å²) in [6, 6.07) is 24.1. The van der Waals surface area contributed by atoms with E-state index in [-0.39, 0.29) is 12.3 Å². The summed E-state index contributed by atoms with van der Waals surface area (Å²) in [5, 5.41) is 11.9. The number of ether oxygens (including phenoxy) is 2. The van der Waals surface area contributed by atoms with Gasteiger partial charge in [0.25, 0.3) is 5.91 Å². The van der Waals surface area contributed by atoms with Crippen molar-refractivity contribution in [3.8, 4) is 33.1 Å². The van der Waals surface area contributed by atoms with E-state index in [1.165, 1.54) is 11.3 Å². The summed E-state index contributed by atoms with van der Waals surface area (Å²) in [7, 11) is 3.20. The number of aliphatic carboxylic acids is 1. The molecule has 0 saturated heterocycles. The molecule has 6 nitrogen and oxygen atoms in total. The molecule has 4 rings (SSSR count). The minimum atomic E-state index is -0.857. The number of hydrogen-bond acceptors (Lipinski definition) is 5. The molecule has 3 aromatic carbocycles. The number of carbonyl (C=O) groups excluding carboxylic acids is 1. The van der Waals surface area contributed by atoms with Crippen molar-refractivity contribution in [3.63, 3.8) is 0 Å². The Labute approximate surface area is 201 Å². The molecule has 7 heteroatoms. The van der Waals surface area contributed by atoms with Crippen molar-refractivity contribution < 1.29 is 24.2 Å². The highest BCUT2D eigenvalue weighted by molar-refractivity contribution is 7.15. The number of carboxylic acids is 1. The Morgan fingerprint density at radius 1 is 0.882 bits per heavy atom. The van der Waals surface area contributed by atoms with E-state index in [2.05, 4.69) is 5.32 Å². The van der Waals surface area contributed by atoms with Crippen LogP contribution in [-0.2, 0) is 11.2 Å². The number of carboxylic acid groups (broad SMARTS) is 1. The Hall–Kier alpha value is -4.10. The highest BCUT2D eigenvalue weighted by Crippen LogP contribution is 2.34. The van der Waals surface area contributed by atoms with Gasteiger partial charge in [0.1, 0.15) is 11.5 Å². The van der Waals surface area contributed by atoms with Gasteiger partial charge in [-0.25, -0.2) is 0 Å². The summed E-state index contributed by atoms with van der Waals surface area (Å²) < 4.78 is 10.8. The monoisotopic (exact) mass is 473 g/mol. The first-order valence-corrected chi connectivity index (χ1v) is 11.3. The van der Waals surface area contributed by atoms with Crippen LogP contribution in [0.15, 0.2) is 78.9 Å². The fraction of sp³-hybridized carbons (Fsp3) is 0.111. The Morgan fingerprint density at radius 3 is 2.44 bits per heavy atom. The fourth-order valence-corrected chi connectivity index (χ4v) is 4.59. The SMILES string of the molecule is COc1ccc(-c2cccc(C(=O)Nc3cccc(-c4ccc(CC(=O)O)s4)c3)c2)c(OC)c1. The number of carbonyl (C=O) groups is 2. The summed E-state index contributed by atoms with van der Waals surface area (Å²) in [5.41, 5.74) is 3.79. The Balaban J connectivity index is 1.55. The van der Waals surface area contributed by atoms with E-state index in [0.29, 0.717) is 22.7 Å². The first-order valence-electron chi connectivity index (χ1n) is 10.5. The van der Waals surface area contributed by atoms with Gasteiger partial charge in [0.15, 0.2) is 0 Å². The third-order valence-corrected chi connectivity index (χ3v) is 6.37. The second-order valence-electron chi connectivity index (χ2n) is 7.52. The number of amides is 1. The Bertz CT molecular complexity index is 1340. The van der Waals surface area contributed by atoms with Crippen LogP contribution in [0, 0.1) is 0 Å². The van der Waals surface area contributed by atoms with Gasteiger partial charge in [-0.05, 0) is 59.7 Å². The van der Waals surface area contributed by atoms with Crippen LogP contribution < -0.4 is 14.8 Å². The molecule has 0 fully saturated rings. The van der Waals surface area contributed by atoms with Gasteiger partial charge in [0, 0.05) is 32.6 Å². The number of anilines is 1. The van der Waals surface area contributed by atoms with Crippen LogP contribution in [0.4, 0.5) is 5.69 Å². The highest BCUT2D eigenvalue weighted by atomic mass is 32.1. The van der Waals surface area contributed by atoms with Gasteiger partial charge in [-0.3, -0.25) is 9.59 Å². The van der Waals surface area contributed by atoms with Crippen LogP contribution in [0.2, 0.25) is 0 Å². The topological polar surface area (TPSA) is 84.9 Å². The minimum Gasteiger partial charge on any atom is -0.497 e. The quantitative estimate of drug-likeness (QED) is 0.329. The molecule has 172 valence electrons. The Morgan fingerprint density at radius 2 is 1.68 bits per heavy atom. The number of nitrogens with one attached hydrogen (secondary N) is 1. The first-order chi connectivity index (χ1) is 16.5. The molecule has 0 aliphatic rings. The van der Waals surface area contributed by atoms with Crippen molar-refractivity contribution in [2.45, 2.75) is 6.42 Å². The van der Waals surface area contributed by atoms with Crippen LogP contribution >= 0.6 is 11.3 Å². The first kappa shape index (κ1) is 23.1. The third kappa shape index (κ3) is 5.27. The van der Waals surface area contributed by atoms with E-state index in [0.717, 1.165) is 26.4 Å². The van der Waals surface area contributed by atoms with Crippen molar-refractivity contribution in [3.05, 3.63) is 89.3 Å².